The van der Waals surface area contributed by atoms with E-state index < -0.39 is 42.1 Å². The fourth-order valence-corrected chi connectivity index (χ4v) is 10.3. The lowest BCUT2D eigenvalue weighted by Gasteiger charge is -2.42. The number of rotatable bonds is 14. The predicted molar refractivity (Wildman–Crippen MR) is 295 cm³/mol. The lowest BCUT2D eigenvalue weighted by Crippen LogP contribution is -2.53. The topological polar surface area (TPSA) is 232 Å². The zero-order valence-corrected chi connectivity index (χ0v) is 47.9. The lowest BCUT2D eigenvalue weighted by molar-refractivity contribution is -0.271. The summed E-state index contributed by atoms with van der Waals surface area (Å²) >= 11 is 0. The van der Waals surface area contributed by atoms with Gasteiger partial charge in [0.2, 0.25) is 0 Å². The van der Waals surface area contributed by atoms with Crippen molar-refractivity contribution in [3.8, 4) is 5.75 Å². The van der Waals surface area contributed by atoms with E-state index in [9.17, 15) is 19.8 Å². The van der Waals surface area contributed by atoms with Gasteiger partial charge in [-0.05, 0) is 133 Å². The van der Waals surface area contributed by atoms with E-state index in [2.05, 4.69) is 55.1 Å². The summed E-state index contributed by atoms with van der Waals surface area (Å²) in [4.78, 5) is 30.6. The van der Waals surface area contributed by atoms with E-state index in [1.54, 1.807) is 11.9 Å². The number of esters is 1. The van der Waals surface area contributed by atoms with E-state index in [0.717, 1.165) is 57.2 Å². The van der Waals surface area contributed by atoms with Gasteiger partial charge in [0.25, 0.3) is 0 Å². The minimum absolute atomic E-state index is 0.0235. The summed E-state index contributed by atoms with van der Waals surface area (Å²) < 4.78 is 34.3. The highest BCUT2D eigenvalue weighted by Gasteiger charge is 2.44. The van der Waals surface area contributed by atoms with Gasteiger partial charge in [-0.1, -0.05) is 59.7 Å². The number of aliphatic hydroxyl groups is 4. The second-order valence-electron chi connectivity index (χ2n) is 21.9. The normalized spacial score (nSPS) is 31.2. The number of carbonyl (C=O) groups is 2. The van der Waals surface area contributed by atoms with Crippen molar-refractivity contribution in [1.82, 2.24) is 9.91 Å². The van der Waals surface area contributed by atoms with E-state index in [-0.39, 0.29) is 61.1 Å². The maximum absolute atomic E-state index is 13.0. The Labute approximate surface area is 450 Å². The van der Waals surface area contributed by atoms with Crippen LogP contribution >= 0.6 is 0 Å². The molecule has 2 aromatic rings. The fourth-order valence-electron chi connectivity index (χ4n) is 10.3. The number of nitrogens with zero attached hydrogens (tertiary/aromatic N) is 3. The van der Waals surface area contributed by atoms with Gasteiger partial charge in [-0.2, -0.15) is 0 Å². The van der Waals surface area contributed by atoms with Crippen molar-refractivity contribution >= 4 is 23.1 Å². The van der Waals surface area contributed by atoms with Crippen LogP contribution in [0.1, 0.15) is 125 Å². The van der Waals surface area contributed by atoms with Gasteiger partial charge in [-0.15, -0.1) is 0 Å². The number of cyclic esters (lactones) is 1. The highest BCUT2D eigenvalue weighted by Crippen LogP contribution is 2.35. The van der Waals surface area contributed by atoms with Crippen LogP contribution in [0.3, 0.4) is 0 Å². The Balaban J connectivity index is 0.000000336. The largest absolute Gasteiger partial charge is 0.494 e. The third-order valence-corrected chi connectivity index (χ3v) is 15.2. The number of methoxy groups -OCH3 is 1. The number of hydrogen-bond donors (Lipinski definition) is 6. The van der Waals surface area contributed by atoms with Crippen LogP contribution in [0.2, 0.25) is 0 Å². The summed E-state index contributed by atoms with van der Waals surface area (Å²) in [6, 6.07) is 16.7. The molecule has 10 unspecified atom stereocenters. The van der Waals surface area contributed by atoms with Gasteiger partial charge in [0.1, 0.15) is 23.7 Å². The molecule has 0 saturated carbocycles. The molecule has 0 bridgehead atoms. The van der Waals surface area contributed by atoms with E-state index in [0.29, 0.717) is 56.9 Å². The van der Waals surface area contributed by atoms with Crippen LogP contribution in [-0.2, 0) is 39.7 Å². The van der Waals surface area contributed by atoms with Crippen LogP contribution in [0.4, 0.5) is 5.69 Å². The number of hydrazine groups is 1. The number of nitrogens with two attached hydrogens (primary N) is 2. The Hall–Kier alpha value is -3.88. The first-order valence-electron chi connectivity index (χ1n) is 27.4. The molecule has 17 heteroatoms. The number of Topliss-reactive ketones (excluding diaryl/α,β-unsaturated/α-hetero) is 1. The summed E-state index contributed by atoms with van der Waals surface area (Å²) in [5.74, 6) is 6.06. The van der Waals surface area contributed by atoms with Gasteiger partial charge in [0, 0.05) is 69.4 Å². The maximum Gasteiger partial charge on any atom is 0.308 e. The quantitative estimate of drug-likeness (QED) is 0.0509. The Morgan fingerprint density at radius 1 is 0.933 bits per heavy atom. The van der Waals surface area contributed by atoms with Gasteiger partial charge in [-0.25, -0.2) is 5.84 Å². The van der Waals surface area contributed by atoms with E-state index >= 15 is 0 Å². The summed E-state index contributed by atoms with van der Waals surface area (Å²) in [7, 11) is 6.67. The molecular formula is C58H99N5O12. The van der Waals surface area contributed by atoms with E-state index in [4.69, 9.17) is 50.2 Å². The van der Waals surface area contributed by atoms with Crippen LogP contribution in [-0.4, -0.2) is 164 Å². The number of hydrogen-bond acceptors (Lipinski definition) is 17. The molecule has 428 valence electrons. The molecule has 0 aromatic heterocycles. The molecule has 0 radical (unpaired) electrons. The van der Waals surface area contributed by atoms with Gasteiger partial charge in [0.05, 0.1) is 68.5 Å². The summed E-state index contributed by atoms with van der Waals surface area (Å²) in [5, 5.41) is 39.1. The highest BCUT2D eigenvalue weighted by molar-refractivity contribution is 5.82. The SMILES string of the molecule is CC(CN(N)/C=C(\N)c1ccc(OCCCN(C)C)cc1)N1CCc2ccccc21.CCC1OC(=O)CC(O[C@H]2C[C@@](C)(OC)C(O)CO2)C(C)C(O)C(C)CC(C)C(=O)[C@H](C)CC1C.CO.C[C@@H]1CCC(O)CO1. The smallest absolute Gasteiger partial charge is 0.308 e. The van der Waals surface area contributed by atoms with Crippen molar-refractivity contribution in [2.45, 2.75) is 175 Å². The Morgan fingerprint density at radius 2 is 1.59 bits per heavy atom. The van der Waals surface area contributed by atoms with Crippen molar-refractivity contribution in [3.05, 3.63) is 65.9 Å². The molecule has 0 spiro atoms. The Bertz CT molecular complexity index is 1960. The second-order valence-corrected chi connectivity index (χ2v) is 21.9. The number of para-hydroxylation sites is 1. The third-order valence-electron chi connectivity index (χ3n) is 15.2. The molecule has 6 rings (SSSR count). The van der Waals surface area contributed by atoms with Crippen molar-refractivity contribution in [1.29, 1.82) is 0 Å². The van der Waals surface area contributed by atoms with Gasteiger partial charge in [0.15, 0.2) is 6.29 Å². The van der Waals surface area contributed by atoms with E-state index in [1.165, 1.54) is 18.4 Å². The molecule has 2 aromatic carbocycles. The molecule has 4 heterocycles. The zero-order chi connectivity index (χ0) is 56.0. The van der Waals surface area contributed by atoms with E-state index in [1.807, 2.05) is 78.9 Å². The average molecular weight is 1060 g/mol. The second kappa shape index (κ2) is 32.8. The van der Waals surface area contributed by atoms with Gasteiger partial charge < -0.3 is 69.4 Å². The van der Waals surface area contributed by atoms with Crippen LogP contribution in [0, 0.1) is 29.6 Å². The van der Waals surface area contributed by atoms with Crippen LogP contribution in [0.15, 0.2) is 54.7 Å². The predicted octanol–water partition coefficient (Wildman–Crippen LogP) is 6.56. The number of fused-ring (bicyclic) bond motifs is 1. The molecule has 3 fully saturated rings. The highest BCUT2D eigenvalue weighted by atomic mass is 16.7. The minimum Gasteiger partial charge on any atom is -0.494 e. The summed E-state index contributed by atoms with van der Waals surface area (Å²) in [5.41, 5.74) is 9.75. The molecule has 4 aliphatic rings. The van der Waals surface area contributed by atoms with Crippen LogP contribution in [0.25, 0.3) is 5.70 Å². The Kier molecular flexibility index (Phi) is 28.6. The number of ether oxygens (including phenoxy) is 6. The van der Waals surface area contributed by atoms with Crippen molar-refractivity contribution in [2.75, 3.05) is 72.7 Å². The monoisotopic (exact) mass is 1060 g/mol. The van der Waals surface area contributed by atoms with Crippen molar-refractivity contribution < 1.29 is 58.4 Å². The zero-order valence-electron chi connectivity index (χ0n) is 47.9. The lowest BCUT2D eigenvalue weighted by atomic mass is 9.79. The molecule has 0 aliphatic carbocycles. The molecule has 4 aliphatic heterocycles. The van der Waals surface area contributed by atoms with Crippen molar-refractivity contribution in [3.63, 3.8) is 0 Å². The fraction of sp³-hybridized carbons (Fsp3) is 0.724. The number of carbonyl (C=O) groups excluding carboxylic acids is 2. The molecule has 75 heavy (non-hydrogen) atoms. The molecule has 14 atom stereocenters. The number of anilines is 1. The molecule has 8 N–H and O–H groups in total. The molecule has 0 amide bonds. The number of ketones is 1. The van der Waals surface area contributed by atoms with Crippen molar-refractivity contribution in [2.24, 2.45) is 41.2 Å². The number of benzene rings is 2. The molecule has 3 saturated heterocycles. The van der Waals surface area contributed by atoms with Crippen LogP contribution in [0.5, 0.6) is 5.75 Å². The maximum atomic E-state index is 13.0. The minimum atomic E-state index is -0.838. The standard InChI is InChI=1S/C27H48O8.C24H35N5O.C6H12O2.CH4O/c1-9-20-15(2)10-16(3)25(30)17(4)11-18(5)26(31)19(6)21(12-23(29)34-20)35-24-13-27(7,32-8)22(28)14-33-24;1-19(29-15-13-21-7-4-5-8-24(21)29)17-28(26)18-23(25)20-9-11-22(12-10-20)30-16-6-14-27(2)3;1-5-2-3-6(7)4-8-5;1-2/h15-22,24,26,28,31H,9-14H2,1-8H3;4-5,7-12,18-19H,6,13-17,25-26H2,1-3H3;5-7H,2-4H2,1H3;2H,1H3/b;23-18-;;/t15?,16-,17?,18?,19?,20?,21?,22?,24+,26?,27-;;5-,6?;/m1.1./s1. The van der Waals surface area contributed by atoms with Crippen LogP contribution < -0.4 is 21.2 Å². The first kappa shape index (κ1) is 65.4. The first-order chi connectivity index (χ1) is 35.5. The van der Waals surface area contributed by atoms with Gasteiger partial charge in [-0.3, -0.25) is 9.59 Å². The first-order valence-corrected chi connectivity index (χ1v) is 27.4. The third kappa shape index (κ3) is 21.1. The molecular weight excluding hydrogens is 959 g/mol. The number of aliphatic hydroxyl groups excluding tert-OH is 4. The molecule has 17 nitrogen and oxygen atoms in total. The Morgan fingerprint density at radius 3 is 2.19 bits per heavy atom. The summed E-state index contributed by atoms with van der Waals surface area (Å²) in [6.07, 6.45) is 4.84. The summed E-state index contributed by atoms with van der Waals surface area (Å²) in [6.45, 7) is 21.7. The average Bonchev–Trinajstić information content (AvgIpc) is 3.83. The van der Waals surface area contributed by atoms with Gasteiger partial charge >= 0.3 is 5.97 Å².